The van der Waals surface area contributed by atoms with Crippen molar-refractivity contribution in [2.75, 3.05) is 19.0 Å². The first-order chi connectivity index (χ1) is 7.71. The van der Waals surface area contributed by atoms with Crippen molar-refractivity contribution in [3.8, 4) is 0 Å². The van der Waals surface area contributed by atoms with Crippen molar-refractivity contribution in [1.29, 1.82) is 0 Å². The Labute approximate surface area is 103 Å². The van der Waals surface area contributed by atoms with Gasteiger partial charge >= 0.3 is 0 Å². The Balaban J connectivity index is 2.58. The molecule has 0 radical (unpaired) electrons. The number of rotatable bonds is 7. The Kier molecular flexibility index (Phi) is 5.85. The van der Waals surface area contributed by atoms with Crippen LogP contribution in [0.15, 0.2) is 6.07 Å². The normalized spacial score (nSPS) is 11.3. The lowest BCUT2D eigenvalue weighted by atomic mass is 10.3. The molecule has 0 aliphatic carbocycles. The molecule has 0 saturated heterocycles. The van der Waals surface area contributed by atoms with E-state index < -0.39 is 0 Å². The van der Waals surface area contributed by atoms with Gasteiger partial charge in [0.15, 0.2) is 0 Å². The van der Waals surface area contributed by atoms with Crippen LogP contribution in [0.25, 0.3) is 0 Å². The SMILES string of the molecule is CCc1cc(CN(CC)CCCCl)n(C)n1. The minimum atomic E-state index is 0.738. The summed E-state index contributed by atoms with van der Waals surface area (Å²) in [6.07, 6.45) is 2.05. The fraction of sp³-hybridized carbons (Fsp3) is 0.750. The maximum atomic E-state index is 5.72. The standard InChI is InChI=1S/C12H22ClN3/c1-4-11-9-12(15(3)14-11)10-16(5-2)8-6-7-13/h9H,4-8,10H2,1-3H3. The molecule has 0 unspecified atom stereocenters. The first kappa shape index (κ1) is 13.5. The molecular formula is C12H22ClN3. The van der Waals surface area contributed by atoms with Crippen molar-refractivity contribution in [3.63, 3.8) is 0 Å². The average molecular weight is 244 g/mol. The molecule has 1 aromatic heterocycles. The molecule has 1 rings (SSSR count). The molecule has 0 fully saturated rings. The summed E-state index contributed by atoms with van der Waals surface area (Å²) in [5.41, 5.74) is 2.46. The zero-order valence-corrected chi connectivity index (χ0v) is 11.3. The molecule has 0 aliphatic rings. The molecule has 0 spiro atoms. The Morgan fingerprint density at radius 1 is 1.44 bits per heavy atom. The number of nitrogens with zero attached hydrogens (tertiary/aromatic N) is 3. The lowest BCUT2D eigenvalue weighted by molar-refractivity contribution is 0.273. The molecule has 16 heavy (non-hydrogen) atoms. The van der Waals surface area contributed by atoms with Crippen molar-refractivity contribution in [2.45, 2.75) is 33.2 Å². The first-order valence-corrected chi connectivity index (χ1v) is 6.54. The van der Waals surface area contributed by atoms with Gasteiger partial charge in [0.2, 0.25) is 0 Å². The monoisotopic (exact) mass is 243 g/mol. The van der Waals surface area contributed by atoms with E-state index in [1.54, 1.807) is 0 Å². The van der Waals surface area contributed by atoms with Gasteiger partial charge in [-0.25, -0.2) is 0 Å². The highest BCUT2D eigenvalue weighted by molar-refractivity contribution is 6.17. The van der Waals surface area contributed by atoms with Gasteiger partial charge in [-0.15, -0.1) is 11.6 Å². The van der Waals surface area contributed by atoms with Crippen LogP contribution in [0.4, 0.5) is 0 Å². The molecule has 3 nitrogen and oxygen atoms in total. The molecule has 0 atom stereocenters. The number of halogens is 1. The highest BCUT2D eigenvalue weighted by Crippen LogP contribution is 2.08. The number of alkyl halides is 1. The van der Waals surface area contributed by atoms with Crippen LogP contribution in [0.2, 0.25) is 0 Å². The van der Waals surface area contributed by atoms with Crippen LogP contribution in [0.3, 0.4) is 0 Å². The molecule has 4 heteroatoms. The lowest BCUT2D eigenvalue weighted by Crippen LogP contribution is -2.25. The van der Waals surface area contributed by atoms with Crippen LogP contribution >= 0.6 is 11.6 Å². The van der Waals surface area contributed by atoms with Gasteiger partial charge in [-0.2, -0.15) is 5.10 Å². The second-order valence-electron chi connectivity index (χ2n) is 4.02. The summed E-state index contributed by atoms with van der Waals surface area (Å²) in [4.78, 5) is 2.40. The van der Waals surface area contributed by atoms with E-state index in [-0.39, 0.29) is 0 Å². The largest absolute Gasteiger partial charge is 0.298 e. The zero-order valence-electron chi connectivity index (χ0n) is 10.5. The van der Waals surface area contributed by atoms with E-state index in [9.17, 15) is 0 Å². The first-order valence-electron chi connectivity index (χ1n) is 6.01. The average Bonchev–Trinajstić information content (AvgIpc) is 2.65. The quantitative estimate of drug-likeness (QED) is 0.686. The van der Waals surface area contributed by atoms with E-state index >= 15 is 0 Å². The third kappa shape index (κ3) is 3.80. The number of hydrogen-bond acceptors (Lipinski definition) is 2. The summed E-state index contributed by atoms with van der Waals surface area (Å²) >= 11 is 5.72. The molecule has 1 aromatic rings. The van der Waals surface area contributed by atoms with Crippen molar-refractivity contribution >= 4 is 11.6 Å². The van der Waals surface area contributed by atoms with Crippen molar-refractivity contribution in [1.82, 2.24) is 14.7 Å². The molecule has 0 saturated carbocycles. The maximum Gasteiger partial charge on any atom is 0.0625 e. The van der Waals surface area contributed by atoms with E-state index in [0.29, 0.717) is 0 Å². The van der Waals surface area contributed by atoms with Gasteiger partial charge in [0.05, 0.1) is 11.4 Å². The van der Waals surface area contributed by atoms with Crippen molar-refractivity contribution in [3.05, 3.63) is 17.5 Å². The van der Waals surface area contributed by atoms with Crippen LogP contribution < -0.4 is 0 Å². The van der Waals surface area contributed by atoms with Crippen LogP contribution in [-0.4, -0.2) is 33.6 Å². The van der Waals surface area contributed by atoms with E-state index in [1.807, 2.05) is 11.7 Å². The van der Waals surface area contributed by atoms with Crippen molar-refractivity contribution < 1.29 is 0 Å². The van der Waals surface area contributed by atoms with Gasteiger partial charge in [-0.3, -0.25) is 9.58 Å². The molecule has 1 heterocycles. The highest BCUT2D eigenvalue weighted by atomic mass is 35.5. The van der Waals surface area contributed by atoms with Gasteiger partial charge in [0.25, 0.3) is 0 Å². The molecule has 92 valence electrons. The minimum Gasteiger partial charge on any atom is -0.298 e. The molecule has 0 bridgehead atoms. The van der Waals surface area contributed by atoms with Gasteiger partial charge in [-0.05, 0) is 32.0 Å². The van der Waals surface area contributed by atoms with Gasteiger partial charge in [-0.1, -0.05) is 13.8 Å². The fourth-order valence-electron chi connectivity index (χ4n) is 1.75. The van der Waals surface area contributed by atoms with Gasteiger partial charge in [0, 0.05) is 19.5 Å². The summed E-state index contributed by atoms with van der Waals surface area (Å²) in [7, 11) is 2.02. The Hall–Kier alpha value is -0.540. The molecule has 0 aliphatic heterocycles. The lowest BCUT2D eigenvalue weighted by Gasteiger charge is -2.19. The maximum absolute atomic E-state index is 5.72. The van der Waals surface area contributed by atoms with Crippen LogP contribution in [0, 0.1) is 0 Å². The highest BCUT2D eigenvalue weighted by Gasteiger charge is 2.08. The number of hydrogen-bond donors (Lipinski definition) is 0. The number of aromatic nitrogens is 2. The predicted molar refractivity (Wildman–Crippen MR) is 68.9 cm³/mol. The Morgan fingerprint density at radius 2 is 2.19 bits per heavy atom. The van der Waals surface area contributed by atoms with E-state index in [0.717, 1.165) is 38.4 Å². The molecule has 0 aromatic carbocycles. The van der Waals surface area contributed by atoms with Crippen LogP contribution in [0.1, 0.15) is 31.7 Å². The summed E-state index contributed by atoms with van der Waals surface area (Å²) in [5, 5.41) is 4.46. The predicted octanol–water partition coefficient (Wildman–Crippen LogP) is 2.43. The summed E-state index contributed by atoms with van der Waals surface area (Å²) < 4.78 is 1.99. The smallest absolute Gasteiger partial charge is 0.0625 e. The van der Waals surface area contributed by atoms with Gasteiger partial charge in [0.1, 0.15) is 0 Å². The Morgan fingerprint density at radius 3 is 2.69 bits per heavy atom. The minimum absolute atomic E-state index is 0.738. The third-order valence-electron chi connectivity index (χ3n) is 2.83. The molecular weight excluding hydrogens is 222 g/mol. The topological polar surface area (TPSA) is 21.1 Å². The van der Waals surface area contributed by atoms with E-state index in [4.69, 9.17) is 11.6 Å². The summed E-state index contributed by atoms with van der Waals surface area (Å²) in [6.45, 7) is 7.41. The second-order valence-corrected chi connectivity index (χ2v) is 4.39. The van der Waals surface area contributed by atoms with E-state index in [1.165, 1.54) is 11.4 Å². The van der Waals surface area contributed by atoms with Crippen molar-refractivity contribution in [2.24, 2.45) is 7.05 Å². The summed E-state index contributed by atoms with van der Waals surface area (Å²) in [5.74, 6) is 0.738. The fourth-order valence-corrected chi connectivity index (χ4v) is 1.87. The number of aryl methyl sites for hydroxylation is 2. The van der Waals surface area contributed by atoms with Crippen LogP contribution in [0.5, 0.6) is 0 Å². The molecule has 0 N–H and O–H groups in total. The van der Waals surface area contributed by atoms with E-state index in [2.05, 4.69) is 29.9 Å². The third-order valence-corrected chi connectivity index (χ3v) is 3.10. The van der Waals surface area contributed by atoms with Gasteiger partial charge < -0.3 is 0 Å². The Bertz CT molecular complexity index is 309. The zero-order chi connectivity index (χ0) is 12.0. The molecule has 0 amide bonds. The second kappa shape index (κ2) is 6.92. The summed E-state index contributed by atoms with van der Waals surface area (Å²) in [6, 6.07) is 2.20. The van der Waals surface area contributed by atoms with Crippen LogP contribution in [-0.2, 0) is 20.0 Å².